The van der Waals surface area contributed by atoms with Crippen molar-refractivity contribution in [2.24, 2.45) is 4.99 Å². The van der Waals surface area contributed by atoms with Crippen LogP contribution in [-0.4, -0.2) is 26.1 Å². The van der Waals surface area contributed by atoms with Crippen LogP contribution in [0.2, 0.25) is 0 Å². The number of ether oxygens (including phenoxy) is 2. The Hall–Kier alpha value is -1.68. The Morgan fingerprint density at radius 1 is 1.07 bits per heavy atom. The molecule has 0 aromatic heterocycles. The van der Waals surface area contributed by atoms with Crippen LogP contribution in [0.1, 0.15) is 16.7 Å². The summed E-state index contributed by atoms with van der Waals surface area (Å²) in [5, 5.41) is 6.55. The lowest BCUT2D eigenvalue weighted by Gasteiger charge is -2.14. The summed E-state index contributed by atoms with van der Waals surface area (Å²) in [7, 11) is 1.72. The van der Waals surface area contributed by atoms with Crippen molar-refractivity contribution in [3.05, 3.63) is 58.9 Å². The van der Waals surface area contributed by atoms with Crippen molar-refractivity contribution in [3.8, 4) is 11.5 Å². The van der Waals surface area contributed by atoms with Gasteiger partial charge in [-0.25, -0.2) is 4.39 Å². The van der Waals surface area contributed by atoms with Gasteiger partial charge in [-0.3, -0.25) is 4.99 Å². The molecular formula is C19H23FIN3O2S. The highest BCUT2D eigenvalue weighted by Crippen LogP contribution is 2.32. The van der Waals surface area contributed by atoms with Crippen molar-refractivity contribution < 1.29 is 13.9 Å². The molecule has 0 fully saturated rings. The zero-order valence-electron chi connectivity index (χ0n) is 15.3. The Bertz CT molecular complexity index is 805. The van der Waals surface area contributed by atoms with Crippen molar-refractivity contribution in [1.29, 1.82) is 0 Å². The molecule has 3 rings (SSSR count). The number of thioether (sulfide) groups is 1. The molecular weight excluding hydrogens is 480 g/mol. The number of halogens is 2. The molecule has 0 aliphatic carbocycles. The average molecular weight is 503 g/mol. The maximum absolute atomic E-state index is 13.5. The van der Waals surface area contributed by atoms with Gasteiger partial charge in [-0.1, -0.05) is 12.1 Å². The molecule has 0 radical (unpaired) electrons. The summed E-state index contributed by atoms with van der Waals surface area (Å²) in [5.41, 5.74) is 3.13. The Morgan fingerprint density at radius 2 is 1.85 bits per heavy atom. The SMILES string of the molecule is CN=C(NCc1ccc2c(c1)OCO2)NCc1ccc(F)cc1CSC.I. The summed E-state index contributed by atoms with van der Waals surface area (Å²) in [5.74, 6) is 2.79. The van der Waals surface area contributed by atoms with Gasteiger partial charge in [-0.2, -0.15) is 11.8 Å². The molecule has 8 heteroatoms. The molecule has 0 spiro atoms. The second-order valence-corrected chi connectivity index (χ2v) is 6.68. The number of benzene rings is 2. The van der Waals surface area contributed by atoms with Gasteiger partial charge in [0.05, 0.1) is 0 Å². The molecule has 1 heterocycles. The lowest BCUT2D eigenvalue weighted by molar-refractivity contribution is 0.174. The predicted octanol–water partition coefficient (Wildman–Crippen LogP) is 3.90. The molecule has 27 heavy (non-hydrogen) atoms. The number of nitrogens with zero attached hydrogens (tertiary/aromatic N) is 1. The topological polar surface area (TPSA) is 54.9 Å². The molecule has 0 unspecified atom stereocenters. The fourth-order valence-electron chi connectivity index (χ4n) is 2.69. The molecule has 0 saturated heterocycles. The van der Waals surface area contributed by atoms with E-state index in [1.54, 1.807) is 24.9 Å². The van der Waals surface area contributed by atoms with E-state index in [1.165, 1.54) is 6.07 Å². The maximum atomic E-state index is 13.5. The van der Waals surface area contributed by atoms with Gasteiger partial charge in [0, 0.05) is 25.9 Å². The molecule has 0 amide bonds. The van der Waals surface area contributed by atoms with Gasteiger partial charge in [-0.05, 0) is 47.2 Å². The van der Waals surface area contributed by atoms with Gasteiger partial charge in [0.1, 0.15) is 5.82 Å². The number of aliphatic imine (C=N–C) groups is 1. The molecule has 5 nitrogen and oxygen atoms in total. The van der Waals surface area contributed by atoms with Crippen LogP contribution in [0, 0.1) is 5.82 Å². The molecule has 0 saturated carbocycles. The first-order valence-corrected chi connectivity index (χ1v) is 9.68. The Morgan fingerprint density at radius 3 is 2.63 bits per heavy atom. The van der Waals surface area contributed by atoms with E-state index in [-0.39, 0.29) is 36.6 Å². The second kappa shape index (κ2) is 10.6. The number of rotatable bonds is 6. The van der Waals surface area contributed by atoms with Crippen molar-refractivity contribution in [1.82, 2.24) is 10.6 Å². The summed E-state index contributed by atoms with van der Waals surface area (Å²) in [6.45, 7) is 1.46. The third-order valence-electron chi connectivity index (χ3n) is 4.03. The summed E-state index contributed by atoms with van der Waals surface area (Å²) >= 11 is 1.67. The van der Waals surface area contributed by atoms with Crippen LogP contribution >= 0.6 is 35.7 Å². The molecule has 2 aromatic carbocycles. The van der Waals surface area contributed by atoms with Crippen molar-refractivity contribution >= 4 is 41.7 Å². The molecule has 1 aliphatic heterocycles. The Balaban J connectivity index is 0.00000261. The van der Waals surface area contributed by atoms with E-state index in [0.29, 0.717) is 19.0 Å². The van der Waals surface area contributed by atoms with Gasteiger partial charge in [0.2, 0.25) is 6.79 Å². The summed E-state index contributed by atoms with van der Waals surface area (Å²) in [4.78, 5) is 4.24. The quantitative estimate of drug-likeness (QED) is 0.356. The summed E-state index contributed by atoms with van der Waals surface area (Å²) < 4.78 is 24.2. The first-order chi connectivity index (χ1) is 12.7. The first kappa shape index (κ1) is 21.6. The van der Waals surface area contributed by atoms with Crippen molar-refractivity contribution in [2.75, 3.05) is 20.1 Å². The first-order valence-electron chi connectivity index (χ1n) is 8.29. The van der Waals surface area contributed by atoms with Crippen LogP contribution in [0.4, 0.5) is 4.39 Å². The van der Waals surface area contributed by atoms with E-state index < -0.39 is 0 Å². The number of hydrogen-bond donors (Lipinski definition) is 2. The smallest absolute Gasteiger partial charge is 0.231 e. The highest BCUT2D eigenvalue weighted by Gasteiger charge is 2.13. The monoisotopic (exact) mass is 503 g/mol. The molecule has 146 valence electrons. The van der Waals surface area contributed by atoms with E-state index in [1.807, 2.05) is 30.5 Å². The zero-order chi connectivity index (χ0) is 18.4. The highest BCUT2D eigenvalue weighted by atomic mass is 127. The molecule has 2 N–H and O–H groups in total. The van der Waals surface area contributed by atoms with Gasteiger partial charge in [0.25, 0.3) is 0 Å². The van der Waals surface area contributed by atoms with Crippen LogP contribution in [0.5, 0.6) is 11.5 Å². The predicted molar refractivity (Wildman–Crippen MR) is 119 cm³/mol. The van der Waals surface area contributed by atoms with Crippen LogP contribution in [0.25, 0.3) is 0 Å². The molecule has 0 atom stereocenters. The van der Waals surface area contributed by atoms with Gasteiger partial charge in [-0.15, -0.1) is 24.0 Å². The van der Waals surface area contributed by atoms with Crippen molar-refractivity contribution in [3.63, 3.8) is 0 Å². The van der Waals surface area contributed by atoms with Gasteiger partial charge < -0.3 is 20.1 Å². The Labute approximate surface area is 180 Å². The van der Waals surface area contributed by atoms with Gasteiger partial charge >= 0.3 is 0 Å². The van der Waals surface area contributed by atoms with Crippen LogP contribution in [0.3, 0.4) is 0 Å². The minimum absolute atomic E-state index is 0. The van der Waals surface area contributed by atoms with Crippen LogP contribution in [-0.2, 0) is 18.8 Å². The van der Waals surface area contributed by atoms with Crippen molar-refractivity contribution in [2.45, 2.75) is 18.8 Å². The standard InChI is InChI=1S/C19H22FN3O2S.HI/c1-21-19(22-9-13-3-6-17-18(7-13)25-12-24-17)23-10-14-4-5-16(20)8-15(14)11-26-2;/h3-8H,9-12H2,1-2H3,(H2,21,22,23);1H. The lowest BCUT2D eigenvalue weighted by Crippen LogP contribution is -2.36. The summed E-state index contributed by atoms with van der Waals surface area (Å²) in [6, 6.07) is 10.8. The molecule has 1 aliphatic rings. The van der Waals surface area contributed by atoms with E-state index in [2.05, 4.69) is 15.6 Å². The molecule has 2 aromatic rings. The normalized spacial score (nSPS) is 12.5. The summed E-state index contributed by atoms with van der Waals surface area (Å²) in [6.07, 6.45) is 2.01. The van der Waals surface area contributed by atoms with E-state index in [4.69, 9.17) is 9.47 Å². The van der Waals surface area contributed by atoms with Crippen LogP contribution < -0.4 is 20.1 Å². The second-order valence-electron chi connectivity index (χ2n) is 5.81. The highest BCUT2D eigenvalue weighted by molar-refractivity contribution is 14.0. The maximum Gasteiger partial charge on any atom is 0.231 e. The van der Waals surface area contributed by atoms with E-state index in [9.17, 15) is 4.39 Å². The third-order valence-corrected chi connectivity index (χ3v) is 4.63. The van der Waals surface area contributed by atoms with E-state index in [0.717, 1.165) is 33.9 Å². The lowest BCUT2D eigenvalue weighted by atomic mass is 10.1. The van der Waals surface area contributed by atoms with Gasteiger partial charge in [0.15, 0.2) is 17.5 Å². The zero-order valence-corrected chi connectivity index (χ0v) is 18.4. The largest absolute Gasteiger partial charge is 0.454 e. The number of fused-ring (bicyclic) bond motifs is 1. The number of nitrogens with one attached hydrogen (secondary N) is 2. The third kappa shape index (κ3) is 5.90. The van der Waals surface area contributed by atoms with Crippen LogP contribution in [0.15, 0.2) is 41.4 Å². The number of guanidine groups is 1. The fourth-order valence-corrected chi connectivity index (χ4v) is 3.27. The number of hydrogen-bond acceptors (Lipinski definition) is 4. The fraction of sp³-hybridized carbons (Fsp3) is 0.316. The molecule has 0 bridgehead atoms. The Kier molecular flexibility index (Phi) is 8.49. The minimum atomic E-state index is -0.205. The van der Waals surface area contributed by atoms with E-state index >= 15 is 0 Å². The average Bonchev–Trinajstić information content (AvgIpc) is 3.11. The minimum Gasteiger partial charge on any atom is -0.454 e.